The van der Waals surface area contributed by atoms with E-state index in [1.807, 2.05) is 0 Å². The summed E-state index contributed by atoms with van der Waals surface area (Å²) in [6.07, 6.45) is 8.42. The lowest BCUT2D eigenvalue weighted by atomic mass is 10.1. The van der Waals surface area contributed by atoms with Crippen LogP contribution in [0.2, 0.25) is 0 Å². The van der Waals surface area contributed by atoms with Gasteiger partial charge in [-0.05, 0) is 29.2 Å². The van der Waals surface area contributed by atoms with Crippen LogP contribution < -0.4 is 0 Å². The molecule has 2 heterocycles. The molecule has 1 fully saturated rings. The number of imidazole rings is 1. The molecule has 2 rings (SSSR count). The molecule has 1 aliphatic heterocycles. The van der Waals surface area contributed by atoms with Gasteiger partial charge in [0, 0.05) is 6.54 Å². The van der Waals surface area contributed by atoms with Gasteiger partial charge in [0.1, 0.15) is 18.3 Å². The van der Waals surface area contributed by atoms with E-state index < -0.39 is 23.0 Å². The Bertz CT molecular complexity index is 645. The fourth-order valence-corrected chi connectivity index (χ4v) is 3.36. The molecule has 2 atom stereocenters. The molecule has 0 aliphatic carbocycles. The molecule has 9 heteroatoms. The number of carbonyl (C=O) groups excluding carboxylic acids is 2. The number of aromatic nitrogens is 2. The summed E-state index contributed by atoms with van der Waals surface area (Å²) in [5.74, 6) is -0.916. The summed E-state index contributed by atoms with van der Waals surface area (Å²) in [4.78, 5) is 40.7. The van der Waals surface area contributed by atoms with Gasteiger partial charge in [0.2, 0.25) is 12.2 Å². The van der Waals surface area contributed by atoms with E-state index in [1.165, 1.54) is 24.2 Å². The summed E-state index contributed by atoms with van der Waals surface area (Å²) >= 11 is 0. The van der Waals surface area contributed by atoms with Crippen LogP contribution in [0.1, 0.15) is 57.9 Å². The van der Waals surface area contributed by atoms with Crippen molar-refractivity contribution in [3.63, 3.8) is 0 Å². The van der Waals surface area contributed by atoms with Crippen LogP contribution in [0, 0.1) is 10.1 Å². The van der Waals surface area contributed by atoms with Gasteiger partial charge < -0.3 is 19.8 Å². The molecule has 9 nitrogen and oxygen atoms in total. The van der Waals surface area contributed by atoms with E-state index >= 15 is 0 Å². The summed E-state index contributed by atoms with van der Waals surface area (Å²) in [6, 6.07) is -1.18. The van der Waals surface area contributed by atoms with E-state index in [1.54, 1.807) is 4.90 Å². The average Bonchev–Trinajstić information content (AvgIpc) is 3.30. The van der Waals surface area contributed by atoms with Gasteiger partial charge in [-0.15, -0.1) is 0 Å². The Morgan fingerprint density at radius 2 is 2.19 bits per heavy atom. The molecule has 0 radical (unpaired) electrons. The van der Waals surface area contributed by atoms with E-state index in [9.17, 15) is 19.7 Å². The van der Waals surface area contributed by atoms with Crippen molar-refractivity contribution >= 4 is 17.7 Å². The number of hydrogen-bond donors (Lipinski definition) is 0. The number of rotatable bonds is 9. The normalized spacial score (nSPS) is 17.9. The molecule has 1 amide bonds. The van der Waals surface area contributed by atoms with E-state index in [4.69, 9.17) is 4.74 Å². The van der Waals surface area contributed by atoms with Gasteiger partial charge in [0.25, 0.3) is 0 Å². The van der Waals surface area contributed by atoms with E-state index in [2.05, 4.69) is 11.9 Å². The van der Waals surface area contributed by atoms with Gasteiger partial charge in [0.15, 0.2) is 0 Å². The molecule has 0 saturated carbocycles. The molecule has 0 N–H and O–H groups in total. The van der Waals surface area contributed by atoms with E-state index in [0.717, 1.165) is 32.1 Å². The van der Waals surface area contributed by atoms with Crippen molar-refractivity contribution in [1.29, 1.82) is 0 Å². The Hall–Kier alpha value is -2.45. The van der Waals surface area contributed by atoms with Gasteiger partial charge in [-0.3, -0.25) is 9.36 Å². The first-order valence-electron chi connectivity index (χ1n) is 9.05. The summed E-state index contributed by atoms with van der Waals surface area (Å²) in [6.45, 7) is 2.59. The lowest BCUT2D eigenvalue weighted by Gasteiger charge is -2.27. The zero-order valence-corrected chi connectivity index (χ0v) is 15.3. The second kappa shape index (κ2) is 9.30. The topological polar surface area (TPSA) is 108 Å². The van der Waals surface area contributed by atoms with Gasteiger partial charge >= 0.3 is 11.8 Å². The number of likely N-dealkylation sites (tertiary alicyclic amines) is 1. The van der Waals surface area contributed by atoms with Gasteiger partial charge in [0.05, 0.1) is 7.11 Å². The first-order valence-corrected chi connectivity index (χ1v) is 9.05. The Kier molecular flexibility index (Phi) is 7.11. The number of carbonyl (C=O) groups is 2. The van der Waals surface area contributed by atoms with Gasteiger partial charge in [-0.1, -0.05) is 32.6 Å². The first-order chi connectivity index (χ1) is 12.5. The SMILES string of the molecule is CCCCCC[C@@H](C(=O)N1CCC[C@H]1C(=O)OC)n1cnc([N+](=O)[O-])c1. The minimum Gasteiger partial charge on any atom is -0.467 e. The maximum Gasteiger partial charge on any atom is 0.381 e. The largest absolute Gasteiger partial charge is 0.467 e. The Morgan fingerprint density at radius 3 is 2.81 bits per heavy atom. The number of amides is 1. The number of methoxy groups -OCH3 is 1. The quantitative estimate of drug-likeness (QED) is 0.287. The predicted molar refractivity (Wildman–Crippen MR) is 93.4 cm³/mol. The van der Waals surface area contributed by atoms with Crippen molar-refractivity contribution in [2.75, 3.05) is 13.7 Å². The molecule has 0 bridgehead atoms. The summed E-state index contributed by atoms with van der Waals surface area (Å²) < 4.78 is 6.31. The van der Waals surface area contributed by atoms with Crippen molar-refractivity contribution in [3.05, 3.63) is 22.6 Å². The molecule has 0 aromatic carbocycles. The number of nitrogens with zero attached hydrogens (tertiary/aromatic N) is 4. The number of ether oxygens (including phenoxy) is 1. The minimum absolute atomic E-state index is 0.207. The maximum absolute atomic E-state index is 13.1. The fourth-order valence-electron chi connectivity index (χ4n) is 3.36. The number of esters is 1. The highest BCUT2D eigenvalue weighted by Crippen LogP contribution is 2.27. The molecule has 1 aliphatic rings. The van der Waals surface area contributed by atoms with Crippen molar-refractivity contribution in [1.82, 2.24) is 14.5 Å². The first kappa shape index (κ1) is 19.9. The van der Waals surface area contributed by atoms with Crippen LogP contribution in [0.4, 0.5) is 5.82 Å². The Balaban J connectivity index is 2.19. The monoisotopic (exact) mass is 366 g/mol. The van der Waals surface area contributed by atoms with Crippen LogP contribution in [-0.4, -0.2) is 50.9 Å². The molecule has 0 spiro atoms. The van der Waals surface area contributed by atoms with E-state index in [-0.39, 0.29) is 11.7 Å². The lowest BCUT2D eigenvalue weighted by Crippen LogP contribution is -2.44. The van der Waals surface area contributed by atoms with Crippen LogP contribution in [-0.2, 0) is 14.3 Å². The third-order valence-electron chi connectivity index (χ3n) is 4.76. The smallest absolute Gasteiger partial charge is 0.381 e. The molecule has 1 saturated heterocycles. The second-order valence-corrected chi connectivity index (χ2v) is 6.51. The molecule has 1 aromatic heterocycles. The summed E-state index contributed by atoms with van der Waals surface area (Å²) in [7, 11) is 1.31. The molecular weight excluding hydrogens is 340 g/mol. The molecule has 0 unspecified atom stereocenters. The fraction of sp³-hybridized carbons (Fsp3) is 0.706. The van der Waals surface area contributed by atoms with Crippen LogP contribution >= 0.6 is 0 Å². The molecular formula is C17H26N4O5. The highest BCUT2D eigenvalue weighted by atomic mass is 16.6. The highest BCUT2D eigenvalue weighted by molar-refractivity contribution is 5.87. The van der Waals surface area contributed by atoms with Crippen LogP contribution in [0.15, 0.2) is 12.5 Å². The maximum atomic E-state index is 13.1. The van der Waals surface area contributed by atoms with E-state index in [0.29, 0.717) is 19.4 Å². The Labute approximate surface area is 152 Å². The Morgan fingerprint density at radius 1 is 1.42 bits per heavy atom. The zero-order chi connectivity index (χ0) is 19.1. The molecule has 26 heavy (non-hydrogen) atoms. The third kappa shape index (κ3) is 4.59. The number of nitro groups is 1. The minimum atomic E-state index is -0.599. The van der Waals surface area contributed by atoms with Gasteiger partial charge in [-0.2, -0.15) is 0 Å². The average molecular weight is 366 g/mol. The highest BCUT2D eigenvalue weighted by Gasteiger charge is 2.38. The predicted octanol–water partition coefficient (Wildman–Crippen LogP) is 2.47. The standard InChI is InChI=1S/C17H26N4O5/c1-3-4-5-6-8-13(19-11-15(18-12-19)21(24)25)16(22)20-10-7-9-14(20)17(23)26-2/h11-14H,3-10H2,1-2H3/t13-,14-/m0/s1. The summed E-state index contributed by atoms with van der Waals surface area (Å²) in [5.41, 5.74) is 0. The van der Waals surface area contributed by atoms with Crippen LogP contribution in [0.5, 0.6) is 0 Å². The van der Waals surface area contributed by atoms with Crippen molar-refractivity contribution in [2.45, 2.75) is 64.0 Å². The van der Waals surface area contributed by atoms with Crippen LogP contribution in [0.3, 0.4) is 0 Å². The second-order valence-electron chi connectivity index (χ2n) is 6.51. The number of unbranched alkanes of at least 4 members (excludes halogenated alkanes) is 3. The molecule has 1 aromatic rings. The van der Waals surface area contributed by atoms with Crippen molar-refractivity contribution in [3.8, 4) is 0 Å². The zero-order valence-electron chi connectivity index (χ0n) is 15.3. The number of hydrogen-bond acceptors (Lipinski definition) is 6. The molecule has 144 valence electrons. The van der Waals surface area contributed by atoms with Crippen molar-refractivity contribution < 1.29 is 19.2 Å². The summed E-state index contributed by atoms with van der Waals surface area (Å²) in [5, 5.41) is 10.9. The van der Waals surface area contributed by atoms with Crippen molar-refractivity contribution in [2.24, 2.45) is 0 Å². The van der Waals surface area contributed by atoms with Crippen LogP contribution in [0.25, 0.3) is 0 Å². The van der Waals surface area contributed by atoms with Gasteiger partial charge in [-0.25, -0.2) is 4.79 Å². The lowest BCUT2D eigenvalue weighted by molar-refractivity contribution is -0.389. The third-order valence-corrected chi connectivity index (χ3v) is 4.76.